The van der Waals surface area contributed by atoms with Gasteiger partial charge >= 0.3 is 0 Å². The Labute approximate surface area is 134 Å². The summed E-state index contributed by atoms with van der Waals surface area (Å²) < 4.78 is 0. The smallest absolute Gasteiger partial charge is 0.227 e. The summed E-state index contributed by atoms with van der Waals surface area (Å²) in [6, 6.07) is 5.17. The summed E-state index contributed by atoms with van der Waals surface area (Å²) in [5.74, 6) is 0.355. The molecule has 0 heterocycles. The van der Waals surface area contributed by atoms with Gasteiger partial charge in [-0.15, -0.1) is 0 Å². The third-order valence-corrected chi connectivity index (χ3v) is 5.45. The lowest BCUT2D eigenvalue weighted by Crippen LogP contribution is -2.40. The van der Waals surface area contributed by atoms with Gasteiger partial charge in [0.05, 0.1) is 15.7 Å². The molecule has 1 aromatic rings. The number of benzene rings is 1. The van der Waals surface area contributed by atoms with E-state index in [4.69, 9.17) is 23.2 Å². The molecule has 2 bridgehead atoms. The molecule has 2 aliphatic rings. The lowest BCUT2D eigenvalue weighted by molar-refractivity contribution is -0.136. The number of amides is 1. The van der Waals surface area contributed by atoms with E-state index >= 15 is 0 Å². The lowest BCUT2D eigenvalue weighted by atomic mass is 9.67. The van der Waals surface area contributed by atoms with E-state index < -0.39 is 0 Å². The SMILES string of the molecule is O=C(Nc1cccc(Cl)c1Cl)C1CC2CCCC(C1)C2=O. The van der Waals surface area contributed by atoms with Crippen molar-refractivity contribution in [3.63, 3.8) is 0 Å². The van der Waals surface area contributed by atoms with Gasteiger partial charge in [-0.2, -0.15) is 0 Å². The Morgan fingerprint density at radius 2 is 1.81 bits per heavy atom. The molecule has 21 heavy (non-hydrogen) atoms. The monoisotopic (exact) mass is 325 g/mol. The van der Waals surface area contributed by atoms with Gasteiger partial charge in [0.15, 0.2) is 0 Å². The van der Waals surface area contributed by atoms with E-state index in [1.165, 1.54) is 0 Å². The summed E-state index contributed by atoms with van der Waals surface area (Å²) in [6.07, 6.45) is 4.29. The highest BCUT2D eigenvalue weighted by Gasteiger charge is 2.41. The highest BCUT2D eigenvalue weighted by Crippen LogP contribution is 2.40. The maximum atomic E-state index is 12.4. The van der Waals surface area contributed by atoms with Crippen LogP contribution in [0, 0.1) is 17.8 Å². The first-order chi connectivity index (χ1) is 10.1. The zero-order chi connectivity index (χ0) is 15.0. The maximum absolute atomic E-state index is 12.4. The predicted octanol–water partition coefficient (Wildman–Crippen LogP) is 4.33. The fraction of sp³-hybridized carbons (Fsp3) is 0.500. The molecule has 2 fully saturated rings. The Morgan fingerprint density at radius 3 is 2.48 bits per heavy atom. The number of hydrogen-bond donors (Lipinski definition) is 1. The molecule has 2 saturated carbocycles. The Balaban J connectivity index is 1.71. The molecule has 0 radical (unpaired) electrons. The summed E-state index contributed by atoms with van der Waals surface area (Å²) in [7, 11) is 0. The molecule has 0 aliphatic heterocycles. The molecule has 0 aromatic heterocycles. The second-order valence-electron chi connectivity index (χ2n) is 5.99. The van der Waals surface area contributed by atoms with E-state index in [0.29, 0.717) is 34.4 Å². The predicted molar refractivity (Wildman–Crippen MR) is 83.7 cm³/mol. The van der Waals surface area contributed by atoms with Crippen LogP contribution < -0.4 is 5.32 Å². The van der Waals surface area contributed by atoms with Gasteiger partial charge in [-0.25, -0.2) is 0 Å². The normalized spacial score (nSPS) is 28.3. The van der Waals surface area contributed by atoms with Crippen molar-refractivity contribution in [2.24, 2.45) is 17.8 Å². The molecule has 0 saturated heterocycles. The molecule has 3 nitrogen and oxygen atoms in total. The molecule has 112 valence electrons. The fourth-order valence-corrected chi connectivity index (χ4v) is 3.88. The number of hydrogen-bond acceptors (Lipinski definition) is 2. The van der Waals surface area contributed by atoms with Crippen LogP contribution in [-0.4, -0.2) is 11.7 Å². The van der Waals surface area contributed by atoms with Crippen LogP contribution in [0.15, 0.2) is 18.2 Å². The van der Waals surface area contributed by atoms with Crippen LogP contribution in [-0.2, 0) is 9.59 Å². The highest BCUT2D eigenvalue weighted by atomic mass is 35.5. The number of fused-ring (bicyclic) bond motifs is 2. The molecule has 0 spiro atoms. The van der Waals surface area contributed by atoms with Crippen molar-refractivity contribution < 1.29 is 9.59 Å². The van der Waals surface area contributed by atoms with Crippen LogP contribution in [0.2, 0.25) is 10.0 Å². The van der Waals surface area contributed by atoms with Gasteiger partial charge in [-0.05, 0) is 37.8 Å². The first-order valence-corrected chi connectivity index (χ1v) is 8.10. The van der Waals surface area contributed by atoms with Gasteiger partial charge in [-0.3, -0.25) is 9.59 Å². The average molecular weight is 326 g/mol. The largest absolute Gasteiger partial charge is 0.324 e. The Kier molecular flexibility index (Phi) is 4.23. The molecule has 2 aliphatic carbocycles. The fourth-order valence-electron chi connectivity index (χ4n) is 3.53. The van der Waals surface area contributed by atoms with Crippen LogP contribution in [0.5, 0.6) is 0 Å². The van der Waals surface area contributed by atoms with Gasteiger partial charge in [0.2, 0.25) is 5.91 Å². The van der Waals surface area contributed by atoms with Gasteiger partial charge in [-0.1, -0.05) is 35.7 Å². The number of Topliss-reactive ketones (excluding diaryl/α,β-unsaturated/α-hetero) is 1. The first kappa shape index (κ1) is 14.9. The number of ketones is 1. The molecule has 2 atom stereocenters. The van der Waals surface area contributed by atoms with E-state index in [2.05, 4.69) is 5.32 Å². The first-order valence-electron chi connectivity index (χ1n) is 7.35. The molecule has 1 N–H and O–H groups in total. The van der Waals surface area contributed by atoms with Crippen molar-refractivity contribution in [3.8, 4) is 0 Å². The van der Waals surface area contributed by atoms with Gasteiger partial charge in [0.1, 0.15) is 5.78 Å². The minimum atomic E-state index is -0.104. The molecule has 1 amide bonds. The Bertz CT molecular complexity index is 572. The van der Waals surface area contributed by atoms with Crippen molar-refractivity contribution in [1.82, 2.24) is 0 Å². The van der Waals surface area contributed by atoms with Crippen LogP contribution in [0.4, 0.5) is 5.69 Å². The topological polar surface area (TPSA) is 46.2 Å². The van der Waals surface area contributed by atoms with Crippen LogP contribution in [0.1, 0.15) is 32.1 Å². The van der Waals surface area contributed by atoms with Crippen molar-refractivity contribution in [2.45, 2.75) is 32.1 Å². The number of anilines is 1. The minimum absolute atomic E-state index is 0.0523. The highest BCUT2D eigenvalue weighted by molar-refractivity contribution is 6.44. The van der Waals surface area contributed by atoms with Crippen molar-refractivity contribution in [3.05, 3.63) is 28.2 Å². The number of nitrogens with one attached hydrogen (secondary N) is 1. The number of rotatable bonds is 2. The van der Waals surface area contributed by atoms with Crippen LogP contribution in [0.25, 0.3) is 0 Å². The quantitative estimate of drug-likeness (QED) is 0.879. The van der Waals surface area contributed by atoms with Gasteiger partial charge < -0.3 is 5.32 Å². The standard InChI is InChI=1S/C16H17Cl2NO2/c17-12-5-2-6-13(14(12)18)19-16(21)11-7-9-3-1-4-10(8-11)15(9)20/h2,5-6,9-11H,1,3-4,7-8H2,(H,19,21). The Morgan fingerprint density at radius 1 is 1.14 bits per heavy atom. The summed E-state index contributed by atoms with van der Waals surface area (Å²) in [5.41, 5.74) is 0.538. The van der Waals surface area contributed by atoms with E-state index in [-0.39, 0.29) is 23.7 Å². The number of carbonyl (C=O) groups excluding carboxylic acids is 2. The Hall–Kier alpha value is -1.06. The third kappa shape index (κ3) is 2.95. The molecule has 3 rings (SSSR count). The zero-order valence-corrected chi connectivity index (χ0v) is 13.1. The molecule has 5 heteroatoms. The van der Waals surface area contributed by atoms with Crippen LogP contribution >= 0.6 is 23.2 Å². The summed E-state index contributed by atoms with van der Waals surface area (Å²) >= 11 is 12.0. The van der Waals surface area contributed by atoms with Crippen molar-refractivity contribution >= 4 is 40.6 Å². The summed E-state index contributed by atoms with van der Waals surface area (Å²) in [5, 5.41) is 3.64. The zero-order valence-electron chi connectivity index (χ0n) is 11.6. The number of halogens is 2. The summed E-state index contributed by atoms with van der Waals surface area (Å²) in [6.45, 7) is 0. The van der Waals surface area contributed by atoms with E-state index in [0.717, 1.165) is 19.3 Å². The second kappa shape index (κ2) is 5.98. The molecular formula is C16H17Cl2NO2. The minimum Gasteiger partial charge on any atom is -0.324 e. The number of carbonyl (C=O) groups is 2. The maximum Gasteiger partial charge on any atom is 0.227 e. The van der Waals surface area contributed by atoms with Crippen LogP contribution in [0.3, 0.4) is 0 Å². The van der Waals surface area contributed by atoms with E-state index in [1.54, 1.807) is 18.2 Å². The third-order valence-electron chi connectivity index (χ3n) is 4.63. The second-order valence-corrected chi connectivity index (χ2v) is 6.77. The van der Waals surface area contributed by atoms with E-state index in [9.17, 15) is 9.59 Å². The summed E-state index contributed by atoms with van der Waals surface area (Å²) in [4.78, 5) is 24.5. The van der Waals surface area contributed by atoms with E-state index in [1.807, 2.05) is 0 Å². The average Bonchev–Trinajstić information content (AvgIpc) is 2.43. The molecular weight excluding hydrogens is 309 g/mol. The lowest BCUT2D eigenvalue weighted by Gasteiger charge is -2.37. The van der Waals surface area contributed by atoms with Gasteiger partial charge in [0.25, 0.3) is 0 Å². The molecule has 2 unspecified atom stereocenters. The molecule has 1 aromatic carbocycles. The van der Waals surface area contributed by atoms with Gasteiger partial charge in [0, 0.05) is 17.8 Å². The van der Waals surface area contributed by atoms with Crippen molar-refractivity contribution in [1.29, 1.82) is 0 Å². The van der Waals surface area contributed by atoms with Crippen molar-refractivity contribution in [2.75, 3.05) is 5.32 Å².